The Balaban J connectivity index is 1.03. The lowest BCUT2D eigenvalue weighted by Gasteiger charge is -2.34. The van der Waals surface area contributed by atoms with Crippen molar-refractivity contribution >= 4 is 49.8 Å². The first-order valence-electron chi connectivity index (χ1n) is 24.4. The highest BCUT2D eigenvalue weighted by Crippen LogP contribution is 2.58. The lowest BCUT2D eigenvalue weighted by molar-refractivity contribution is 0.660. The normalized spacial score (nSPS) is 13.8. The first-order chi connectivity index (χ1) is 34.5. The molecule has 0 amide bonds. The lowest BCUT2D eigenvalue weighted by Crippen LogP contribution is -2.28. The maximum absolute atomic E-state index is 6.81. The zero-order chi connectivity index (χ0) is 46.6. The van der Waals surface area contributed by atoms with E-state index in [0.717, 1.165) is 66.6 Å². The van der Waals surface area contributed by atoms with Gasteiger partial charge in [-0.3, -0.25) is 0 Å². The molecule has 11 aromatic carbocycles. The van der Waals surface area contributed by atoms with E-state index < -0.39 is 5.41 Å². The number of fused-ring (bicyclic) bond motifs is 11. The zero-order valence-electron chi connectivity index (χ0n) is 39.0. The maximum atomic E-state index is 6.81. The van der Waals surface area contributed by atoms with Crippen LogP contribution in [0, 0.1) is 0 Å². The maximum Gasteiger partial charge on any atom is 0.143 e. The Morgan fingerprint density at radius 3 is 1.67 bits per heavy atom. The van der Waals surface area contributed by atoms with Crippen molar-refractivity contribution in [2.24, 2.45) is 0 Å². The van der Waals surface area contributed by atoms with Crippen molar-refractivity contribution in [2.45, 2.75) is 24.7 Å². The van der Waals surface area contributed by atoms with E-state index in [2.05, 4.69) is 267 Å². The molecular formula is C68H47NO. The van der Waals surface area contributed by atoms with Gasteiger partial charge >= 0.3 is 0 Å². The van der Waals surface area contributed by atoms with Crippen molar-refractivity contribution in [3.8, 4) is 44.5 Å². The minimum atomic E-state index is -0.524. The van der Waals surface area contributed by atoms with Crippen LogP contribution in [-0.4, -0.2) is 0 Å². The predicted octanol–water partition coefficient (Wildman–Crippen LogP) is 18.2. The highest BCUT2D eigenvalue weighted by atomic mass is 16.3. The molecular weight excluding hydrogens is 847 g/mol. The van der Waals surface area contributed by atoms with Gasteiger partial charge in [0.15, 0.2) is 0 Å². The van der Waals surface area contributed by atoms with Crippen LogP contribution >= 0.6 is 0 Å². The van der Waals surface area contributed by atoms with Gasteiger partial charge in [-0.2, -0.15) is 0 Å². The fourth-order valence-electron chi connectivity index (χ4n) is 12.4. The Bertz CT molecular complexity index is 4010. The minimum Gasteiger partial charge on any atom is -0.455 e. The molecule has 0 atom stereocenters. The summed E-state index contributed by atoms with van der Waals surface area (Å²) >= 11 is 0. The smallest absolute Gasteiger partial charge is 0.143 e. The average molecular weight is 894 g/mol. The average Bonchev–Trinajstić information content (AvgIpc) is 4.03. The largest absolute Gasteiger partial charge is 0.455 e. The van der Waals surface area contributed by atoms with Gasteiger partial charge in [0.05, 0.1) is 16.8 Å². The molecule has 14 rings (SSSR count). The summed E-state index contributed by atoms with van der Waals surface area (Å²) in [5, 5.41) is 4.52. The van der Waals surface area contributed by atoms with E-state index in [9.17, 15) is 0 Å². The summed E-state index contributed by atoms with van der Waals surface area (Å²) in [6, 6.07) is 91.9. The standard InChI is InChI=1S/C68H47NO/c1-67(2)58-31-15-11-27-51(58)53-41-38-48(43-60(53)67)69(63-34-18-14-29-55(63)56-30-19-35-64-65(56)57-40-36-44-20-9-10-26-50(44)66(57)70-64)62-33-17-13-25-49(62)45-37-39-54-52-28-12-16-32-59(52)68(61(54)42-45,46-21-5-3-6-22-46)47-23-7-4-8-24-47/h3-43H,1-2H3. The van der Waals surface area contributed by atoms with Gasteiger partial charge < -0.3 is 9.32 Å². The first-order valence-corrected chi connectivity index (χ1v) is 24.4. The summed E-state index contributed by atoms with van der Waals surface area (Å²) in [7, 11) is 0. The number of benzene rings is 11. The van der Waals surface area contributed by atoms with Crippen molar-refractivity contribution < 1.29 is 4.42 Å². The Kier molecular flexibility index (Phi) is 8.88. The van der Waals surface area contributed by atoms with E-state index in [-0.39, 0.29) is 5.41 Å². The summed E-state index contributed by atoms with van der Waals surface area (Å²) in [6.45, 7) is 4.74. The molecule has 0 spiro atoms. The third-order valence-electron chi connectivity index (χ3n) is 15.6. The molecule has 2 nitrogen and oxygen atoms in total. The summed E-state index contributed by atoms with van der Waals surface area (Å²) in [5.74, 6) is 0. The molecule has 0 saturated heterocycles. The number of hydrogen-bond donors (Lipinski definition) is 0. The molecule has 0 saturated carbocycles. The van der Waals surface area contributed by atoms with E-state index in [1.54, 1.807) is 0 Å². The van der Waals surface area contributed by atoms with E-state index >= 15 is 0 Å². The van der Waals surface area contributed by atoms with E-state index in [1.807, 2.05) is 0 Å². The van der Waals surface area contributed by atoms with Crippen LogP contribution < -0.4 is 4.90 Å². The Morgan fingerprint density at radius 2 is 0.914 bits per heavy atom. The van der Waals surface area contributed by atoms with Crippen molar-refractivity contribution in [2.75, 3.05) is 4.90 Å². The molecule has 1 heterocycles. The number of para-hydroxylation sites is 2. The second kappa shape index (κ2) is 15.4. The highest BCUT2D eigenvalue weighted by molar-refractivity contribution is 6.20. The molecule has 2 aliphatic rings. The Morgan fingerprint density at radius 1 is 0.357 bits per heavy atom. The predicted molar refractivity (Wildman–Crippen MR) is 292 cm³/mol. The van der Waals surface area contributed by atoms with Gasteiger partial charge in [-0.15, -0.1) is 0 Å². The third kappa shape index (κ3) is 5.74. The number of hydrogen-bond acceptors (Lipinski definition) is 2. The summed E-state index contributed by atoms with van der Waals surface area (Å²) < 4.78 is 6.81. The van der Waals surface area contributed by atoms with Gasteiger partial charge in [0.1, 0.15) is 11.2 Å². The highest BCUT2D eigenvalue weighted by Gasteiger charge is 2.46. The van der Waals surface area contributed by atoms with E-state index in [0.29, 0.717) is 0 Å². The van der Waals surface area contributed by atoms with Crippen molar-refractivity contribution in [3.05, 3.63) is 282 Å². The van der Waals surface area contributed by atoms with Crippen LogP contribution in [0.3, 0.4) is 0 Å². The van der Waals surface area contributed by atoms with Crippen LogP contribution in [0.5, 0.6) is 0 Å². The van der Waals surface area contributed by atoms with Crippen LogP contribution in [0.2, 0.25) is 0 Å². The van der Waals surface area contributed by atoms with Gasteiger partial charge in [-0.05, 0) is 115 Å². The monoisotopic (exact) mass is 893 g/mol. The minimum absolute atomic E-state index is 0.191. The summed E-state index contributed by atoms with van der Waals surface area (Å²) in [5.41, 5.74) is 21.9. The van der Waals surface area contributed by atoms with E-state index in [1.165, 1.54) is 61.0 Å². The van der Waals surface area contributed by atoms with Crippen molar-refractivity contribution in [1.82, 2.24) is 0 Å². The van der Waals surface area contributed by atoms with Gasteiger partial charge in [0.25, 0.3) is 0 Å². The van der Waals surface area contributed by atoms with Gasteiger partial charge in [-0.1, -0.05) is 220 Å². The molecule has 0 N–H and O–H groups in total. The van der Waals surface area contributed by atoms with E-state index in [4.69, 9.17) is 4.42 Å². The molecule has 0 aliphatic heterocycles. The van der Waals surface area contributed by atoms with Crippen LogP contribution in [0.1, 0.15) is 47.2 Å². The van der Waals surface area contributed by atoms with Gasteiger partial charge in [0.2, 0.25) is 0 Å². The first kappa shape index (κ1) is 40.4. The molecule has 2 heteroatoms. The van der Waals surface area contributed by atoms with Crippen molar-refractivity contribution in [1.29, 1.82) is 0 Å². The SMILES string of the molecule is CC1(C)c2ccccc2-c2ccc(N(c3ccccc3-c3ccc4c(c3)C(c3ccccc3)(c3ccccc3)c3ccccc3-4)c3ccccc3-c3cccc4oc5c6ccccc6ccc5c34)cc21. The molecule has 0 fully saturated rings. The topological polar surface area (TPSA) is 16.4 Å². The summed E-state index contributed by atoms with van der Waals surface area (Å²) in [4.78, 5) is 2.52. The zero-order valence-corrected chi connectivity index (χ0v) is 39.0. The lowest BCUT2D eigenvalue weighted by atomic mass is 9.67. The molecule has 12 aromatic rings. The van der Waals surface area contributed by atoms with Gasteiger partial charge in [0, 0.05) is 38.4 Å². The number of anilines is 3. The Labute approximate surface area is 408 Å². The number of rotatable bonds is 7. The molecule has 0 unspecified atom stereocenters. The van der Waals surface area contributed by atoms with Crippen molar-refractivity contribution in [3.63, 3.8) is 0 Å². The second-order valence-corrected chi connectivity index (χ2v) is 19.5. The quantitative estimate of drug-likeness (QED) is 0.158. The summed E-state index contributed by atoms with van der Waals surface area (Å²) in [6.07, 6.45) is 0. The molecule has 2 aliphatic carbocycles. The fraction of sp³-hybridized carbons (Fsp3) is 0.0588. The molecule has 0 radical (unpaired) electrons. The number of nitrogens with zero attached hydrogens (tertiary/aromatic N) is 1. The van der Waals surface area contributed by atoms with Crippen LogP contribution in [0.4, 0.5) is 17.1 Å². The third-order valence-corrected chi connectivity index (χ3v) is 15.6. The van der Waals surface area contributed by atoms with Crippen LogP contribution in [-0.2, 0) is 10.8 Å². The molecule has 330 valence electrons. The second-order valence-electron chi connectivity index (χ2n) is 19.5. The number of furan rings is 1. The van der Waals surface area contributed by atoms with Gasteiger partial charge in [-0.25, -0.2) is 0 Å². The van der Waals surface area contributed by atoms with Crippen LogP contribution in [0.15, 0.2) is 253 Å². The molecule has 0 bridgehead atoms. The molecule has 1 aromatic heterocycles. The van der Waals surface area contributed by atoms with Crippen LogP contribution in [0.25, 0.3) is 77.2 Å². The molecule has 70 heavy (non-hydrogen) atoms. The Hall–Kier alpha value is -8.72. The fourth-order valence-corrected chi connectivity index (χ4v) is 12.4.